The van der Waals surface area contributed by atoms with Crippen LogP contribution < -0.4 is 5.73 Å². The number of nitrogens with two attached hydrogens (primary N) is 1. The van der Waals surface area contributed by atoms with E-state index in [2.05, 4.69) is 9.64 Å². The van der Waals surface area contributed by atoms with Gasteiger partial charge in [0.15, 0.2) is 0 Å². The zero-order valence-corrected chi connectivity index (χ0v) is 10.7. The fourth-order valence-electron chi connectivity index (χ4n) is 2.36. The third-order valence-corrected chi connectivity index (χ3v) is 3.27. The number of rotatable bonds is 6. The predicted molar refractivity (Wildman–Crippen MR) is 64.4 cm³/mol. The van der Waals surface area contributed by atoms with Crippen LogP contribution in [-0.4, -0.2) is 50.0 Å². The minimum absolute atomic E-state index is 0.160. The molecule has 0 aromatic rings. The average Bonchev–Trinajstić information content (AvgIpc) is 2.52. The van der Waals surface area contributed by atoms with Crippen molar-refractivity contribution in [3.8, 4) is 0 Å². The molecule has 0 spiro atoms. The number of hydrogen-bond acceptors (Lipinski definition) is 3. The van der Waals surface area contributed by atoms with E-state index in [0.29, 0.717) is 19.0 Å². The highest BCUT2D eigenvalue weighted by Gasteiger charge is 2.27. The van der Waals surface area contributed by atoms with Gasteiger partial charge >= 0.3 is 6.18 Å². The summed E-state index contributed by atoms with van der Waals surface area (Å²) in [7, 11) is 0. The van der Waals surface area contributed by atoms with Crippen LogP contribution in [0, 0.1) is 0 Å². The molecule has 0 bridgehead atoms. The predicted octanol–water partition coefficient (Wildman–Crippen LogP) is 2.16. The summed E-state index contributed by atoms with van der Waals surface area (Å²) in [4.78, 5) is 2.30. The normalized spacial score (nSPS) is 23.0. The van der Waals surface area contributed by atoms with Gasteiger partial charge < -0.3 is 10.5 Å². The Bertz CT molecular complexity index is 224. The van der Waals surface area contributed by atoms with Crippen molar-refractivity contribution in [1.82, 2.24) is 4.90 Å². The first kappa shape index (κ1) is 15.7. The zero-order chi connectivity index (χ0) is 13.4. The molecule has 0 saturated carbocycles. The Morgan fingerprint density at radius 2 is 2.00 bits per heavy atom. The van der Waals surface area contributed by atoms with Crippen molar-refractivity contribution in [3.05, 3.63) is 0 Å². The summed E-state index contributed by atoms with van der Waals surface area (Å²) in [6, 6.07) is 0.384. The Hall–Kier alpha value is -0.330. The Labute approximate surface area is 106 Å². The van der Waals surface area contributed by atoms with Crippen molar-refractivity contribution in [3.63, 3.8) is 0 Å². The summed E-state index contributed by atoms with van der Waals surface area (Å²) in [6.45, 7) is 1.42. The summed E-state index contributed by atoms with van der Waals surface area (Å²) in [6.07, 6.45) is 1.08. The maximum absolute atomic E-state index is 11.9. The van der Waals surface area contributed by atoms with Gasteiger partial charge in [0.1, 0.15) is 6.61 Å². The van der Waals surface area contributed by atoms with Crippen LogP contribution in [0.4, 0.5) is 13.2 Å². The van der Waals surface area contributed by atoms with Gasteiger partial charge in [-0.15, -0.1) is 0 Å². The number of alkyl halides is 3. The fourth-order valence-corrected chi connectivity index (χ4v) is 2.36. The van der Waals surface area contributed by atoms with Crippen LogP contribution in [0.3, 0.4) is 0 Å². The summed E-state index contributed by atoms with van der Waals surface area (Å²) in [5.41, 5.74) is 5.73. The molecule has 0 aromatic carbocycles. The topological polar surface area (TPSA) is 38.5 Å². The quantitative estimate of drug-likeness (QED) is 0.750. The van der Waals surface area contributed by atoms with E-state index in [1.165, 1.54) is 12.8 Å². The molecule has 18 heavy (non-hydrogen) atoms. The molecule has 1 heterocycles. The van der Waals surface area contributed by atoms with Gasteiger partial charge in [0, 0.05) is 25.7 Å². The monoisotopic (exact) mass is 268 g/mol. The van der Waals surface area contributed by atoms with E-state index in [1.807, 2.05) is 0 Å². The van der Waals surface area contributed by atoms with Gasteiger partial charge in [-0.3, -0.25) is 4.90 Å². The molecule has 1 fully saturated rings. The van der Waals surface area contributed by atoms with Crippen LogP contribution in [0.15, 0.2) is 0 Å². The van der Waals surface area contributed by atoms with E-state index in [9.17, 15) is 13.2 Å². The molecule has 0 radical (unpaired) electrons. The lowest BCUT2D eigenvalue weighted by Crippen LogP contribution is -2.41. The van der Waals surface area contributed by atoms with Crippen LogP contribution in [0.25, 0.3) is 0 Å². The number of hydrogen-bond donors (Lipinski definition) is 1. The summed E-state index contributed by atoms with van der Waals surface area (Å²) < 4.78 is 40.2. The Morgan fingerprint density at radius 1 is 1.22 bits per heavy atom. The van der Waals surface area contributed by atoms with E-state index in [-0.39, 0.29) is 6.61 Å². The van der Waals surface area contributed by atoms with Gasteiger partial charge in [0.2, 0.25) is 0 Å². The Morgan fingerprint density at radius 3 is 2.67 bits per heavy atom. The Kier molecular flexibility index (Phi) is 6.96. The summed E-state index contributed by atoms with van der Waals surface area (Å²) in [5.74, 6) is 0. The largest absolute Gasteiger partial charge is 0.411 e. The second kappa shape index (κ2) is 7.96. The highest BCUT2D eigenvalue weighted by Crippen LogP contribution is 2.17. The molecule has 1 atom stereocenters. The van der Waals surface area contributed by atoms with Crippen LogP contribution in [0.5, 0.6) is 0 Å². The molecule has 1 rings (SSSR count). The molecule has 1 saturated heterocycles. The van der Waals surface area contributed by atoms with Gasteiger partial charge in [-0.25, -0.2) is 0 Å². The minimum Gasteiger partial charge on any atom is -0.372 e. The molecule has 108 valence electrons. The van der Waals surface area contributed by atoms with Gasteiger partial charge in [0.05, 0.1) is 0 Å². The lowest BCUT2D eigenvalue weighted by molar-refractivity contribution is -0.174. The lowest BCUT2D eigenvalue weighted by atomic mass is 10.1. The van der Waals surface area contributed by atoms with Crippen LogP contribution in [0.2, 0.25) is 0 Å². The lowest BCUT2D eigenvalue weighted by Gasteiger charge is -2.28. The molecular formula is C12H23F3N2O. The van der Waals surface area contributed by atoms with Gasteiger partial charge in [-0.2, -0.15) is 13.2 Å². The van der Waals surface area contributed by atoms with Crippen molar-refractivity contribution < 1.29 is 17.9 Å². The van der Waals surface area contributed by atoms with Crippen molar-refractivity contribution >= 4 is 0 Å². The van der Waals surface area contributed by atoms with Crippen LogP contribution in [-0.2, 0) is 4.74 Å². The maximum Gasteiger partial charge on any atom is 0.411 e. The van der Waals surface area contributed by atoms with E-state index in [1.54, 1.807) is 0 Å². The molecule has 0 aliphatic carbocycles. The van der Waals surface area contributed by atoms with Crippen molar-refractivity contribution in [2.75, 3.05) is 32.8 Å². The standard InChI is InChI=1S/C12H23F3N2O/c13-12(14,15)10-18-8-4-7-17-6-3-1-2-5-11(17)9-16/h11H,1-10,16H2. The molecule has 1 aliphatic heterocycles. The molecular weight excluding hydrogens is 245 g/mol. The highest BCUT2D eigenvalue weighted by molar-refractivity contribution is 4.75. The summed E-state index contributed by atoms with van der Waals surface area (Å²) >= 11 is 0. The van der Waals surface area contributed by atoms with E-state index in [0.717, 1.165) is 25.9 Å². The molecule has 1 unspecified atom stereocenters. The van der Waals surface area contributed by atoms with E-state index >= 15 is 0 Å². The van der Waals surface area contributed by atoms with E-state index < -0.39 is 12.8 Å². The number of halogens is 3. The highest BCUT2D eigenvalue weighted by atomic mass is 19.4. The van der Waals surface area contributed by atoms with E-state index in [4.69, 9.17) is 5.73 Å². The average molecular weight is 268 g/mol. The third-order valence-electron chi connectivity index (χ3n) is 3.27. The first-order valence-corrected chi connectivity index (χ1v) is 6.61. The minimum atomic E-state index is -4.22. The molecule has 6 heteroatoms. The first-order chi connectivity index (χ1) is 8.53. The van der Waals surface area contributed by atoms with Crippen LogP contribution in [0.1, 0.15) is 32.1 Å². The number of likely N-dealkylation sites (tertiary alicyclic amines) is 1. The van der Waals surface area contributed by atoms with Crippen molar-refractivity contribution in [2.24, 2.45) is 5.73 Å². The maximum atomic E-state index is 11.9. The van der Waals surface area contributed by atoms with Gasteiger partial charge in [-0.1, -0.05) is 12.8 Å². The molecule has 3 nitrogen and oxygen atoms in total. The van der Waals surface area contributed by atoms with Crippen LogP contribution >= 0.6 is 0 Å². The Balaban J connectivity index is 2.16. The fraction of sp³-hybridized carbons (Fsp3) is 1.00. The number of ether oxygens (including phenoxy) is 1. The molecule has 0 amide bonds. The molecule has 1 aliphatic rings. The van der Waals surface area contributed by atoms with Gasteiger partial charge in [0.25, 0.3) is 0 Å². The molecule has 0 aromatic heterocycles. The first-order valence-electron chi connectivity index (χ1n) is 6.61. The second-order valence-corrected chi connectivity index (χ2v) is 4.80. The van der Waals surface area contributed by atoms with Crippen molar-refractivity contribution in [2.45, 2.75) is 44.3 Å². The van der Waals surface area contributed by atoms with Crippen molar-refractivity contribution in [1.29, 1.82) is 0 Å². The molecule has 2 N–H and O–H groups in total. The smallest absolute Gasteiger partial charge is 0.372 e. The third kappa shape index (κ3) is 6.56. The zero-order valence-electron chi connectivity index (χ0n) is 10.7. The summed E-state index contributed by atoms with van der Waals surface area (Å²) in [5, 5.41) is 0. The number of nitrogens with zero attached hydrogens (tertiary/aromatic N) is 1. The second-order valence-electron chi connectivity index (χ2n) is 4.80. The SMILES string of the molecule is NCC1CCCCCN1CCCOCC(F)(F)F. The van der Waals surface area contributed by atoms with Gasteiger partial charge in [-0.05, 0) is 25.8 Å².